The number of hydrogen-bond acceptors (Lipinski definition) is 4. The van der Waals surface area contributed by atoms with E-state index >= 15 is 0 Å². The minimum absolute atomic E-state index is 0.0860. The van der Waals surface area contributed by atoms with Crippen molar-refractivity contribution in [1.29, 1.82) is 5.26 Å². The van der Waals surface area contributed by atoms with Crippen LogP contribution in [-0.4, -0.2) is 5.91 Å². The van der Waals surface area contributed by atoms with E-state index in [1.54, 1.807) is 12.3 Å². The van der Waals surface area contributed by atoms with E-state index in [1.165, 1.54) is 17.3 Å². The third kappa shape index (κ3) is 3.49. The summed E-state index contributed by atoms with van der Waals surface area (Å²) in [6, 6.07) is 14.0. The molecule has 5 heteroatoms. The van der Waals surface area contributed by atoms with Gasteiger partial charge in [-0.05, 0) is 24.6 Å². The molecule has 4 nitrogen and oxygen atoms in total. The van der Waals surface area contributed by atoms with Gasteiger partial charge in [0.2, 0.25) is 5.91 Å². The molecule has 1 amide bonds. The maximum absolute atomic E-state index is 12.0. The van der Waals surface area contributed by atoms with Gasteiger partial charge in [-0.2, -0.15) is 5.26 Å². The number of aryl methyl sites for hydroxylation is 1. The molecule has 1 atom stereocenters. The van der Waals surface area contributed by atoms with E-state index < -0.39 is 0 Å². The largest absolute Gasteiger partial charge is 0.469 e. The summed E-state index contributed by atoms with van der Waals surface area (Å²) in [6.45, 7) is 2.05. The van der Waals surface area contributed by atoms with Gasteiger partial charge in [-0.15, -0.1) is 11.8 Å². The molecule has 2 aromatic rings. The first-order chi connectivity index (χ1) is 11.2. The fourth-order valence-electron chi connectivity index (χ4n) is 2.62. The number of rotatable bonds is 4. The maximum Gasteiger partial charge on any atom is 0.225 e. The van der Waals surface area contributed by atoms with Crippen LogP contribution in [0.5, 0.6) is 0 Å². The van der Waals surface area contributed by atoms with Gasteiger partial charge >= 0.3 is 0 Å². The Kier molecular flexibility index (Phi) is 4.54. The van der Waals surface area contributed by atoms with Crippen LogP contribution in [0, 0.1) is 18.3 Å². The summed E-state index contributed by atoms with van der Waals surface area (Å²) in [5, 5.41) is 13.0. The molecule has 0 radical (unpaired) electrons. The summed E-state index contributed by atoms with van der Waals surface area (Å²) in [5.41, 5.74) is 2.92. The molecular weight excluding hydrogens is 308 g/mol. The number of thioether (sulfide) groups is 1. The first-order valence-corrected chi connectivity index (χ1v) is 8.32. The van der Waals surface area contributed by atoms with Crippen LogP contribution in [0.15, 0.2) is 57.7 Å². The van der Waals surface area contributed by atoms with Crippen LogP contribution in [0.4, 0.5) is 0 Å². The van der Waals surface area contributed by atoms with Gasteiger partial charge in [0.25, 0.3) is 0 Å². The topological polar surface area (TPSA) is 66.0 Å². The molecule has 1 N–H and O–H groups in total. The van der Waals surface area contributed by atoms with Gasteiger partial charge in [-0.1, -0.05) is 29.8 Å². The van der Waals surface area contributed by atoms with Crippen molar-refractivity contribution in [2.45, 2.75) is 25.0 Å². The Hall–Kier alpha value is -2.45. The Balaban J connectivity index is 1.85. The lowest BCUT2D eigenvalue weighted by atomic mass is 9.92. The molecule has 2 heterocycles. The van der Waals surface area contributed by atoms with Gasteiger partial charge in [0, 0.05) is 12.2 Å². The second-order valence-corrected chi connectivity index (χ2v) is 6.44. The highest BCUT2D eigenvalue weighted by molar-refractivity contribution is 8.02. The number of carbonyl (C=O) groups is 1. The van der Waals surface area contributed by atoms with E-state index in [9.17, 15) is 10.1 Å². The lowest BCUT2D eigenvalue weighted by Crippen LogP contribution is -2.30. The third-order valence-electron chi connectivity index (χ3n) is 3.71. The zero-order valence-corrected chi connectivity index (χ0v) is 13.5. The van der Waals surface area contributed by atoms with Crippen LogP contribution >= 0.6 is 11.8 Å². The van der Waals surface area contributed by atoms with Crippen molar-refractivity contribution in [3.05, 3.63) is 70.2 Å². The van der Waals surface area contributed by atoms with Gasteiger partial charge in [-0.3, -0.25) is 4.79 Å². The monoisotopic (exact) mass is 324 g/mol. The standard InChI is InChI=1S/C18H16N2O2S/c1-12-4-2-5-13(8-12)11-23-18-15(10-19)14(9-17(21)20-18)16-6-3-7-22-16/h2-8,14H,9,11H2,1H3,(H,20,21)/t14-/m1/s1. The first kappa shape index (κ1) is 15.4. The molecule has 1 aromatic heterocycles. The van der Waals surface area contributed by atoms with Crippen molar-refractivity contribution in [3.63, 3.8) is 0 Å². The Bertz CT molecular complexity index is 788. The summed E-state index contributed by atoms with van der Waals surface area (Å²) < 4.78 is 5.41. The van der Waals surface area contributed by atoms with E-state index in [4.69, 9.17) is 4.42 Å². The number of nitrogens with zero attached hydrogens (tertiary/aromatic N) is 1. The molecule has 1 aliphatic rings. The molecule has 0 spiro atoms. The van der Waals surface area contributed by atoms with Crippen LogP contribution in [0.2, 0.25) is 0 Å². The summed E-state index contributed by atoms with van der Waals surface area (Å²) >= 11 is 1.48. The molecule has 0 aliphatic carbocycles. The second kappa shape index (κ2) is 6.76. The van der Waals surface area contributed by atoms with E-state index in [0.29, 0.717) is 22.1 Å². The van der Waals surface area contributed by atoms with Crippen molar-refractivity contribution in [3.8, 4) is 6.07 Å². The van der Waals surface area contributed by atoms with Gasteiger partial charge < -0.3 is 9.73 Å². The highest BCUT2D eigenvalue weighted by atomic mass is 32.2. The predicted octanol–water partition coefficient (Wildman–Crippen LogP) is 3.86. The number of benzene rings is 1. The Morgan fingerprint density at radius 2 is 2.26 bits per heavy atom. The Morgan fingerprint density at radius 1 is 1.39 bits per heavy atom. The molecule has 0 fully saturated rings. The predicted molar refractivity (Wildman–Crippen MR) is 89.3 cm³/mol. The molecule has 0 unspecified atom stereocenters. The molecular formula is C18H16N2O2S. The van der Waals surface area contributed by atoms with Crippen molar-refractivity contribution in [2.24, 2.45) is 0 Å². The van der Waals surface area contributed by atoms with Gasteiger partial charge in [0.05, 0.1) is 28.9 Å². The van der Waals surface area contributed by atoms with Gasteiger partial charge in [0.15, 0.2) is 0 Å². The summed E-state index contributed by atoms with van der Waals surface area (Å²) in [4.78, 5) is 12.0. The van der Waals surface area contributed by atoms with Crippen molar-refractivity contribution >= 4 is 17.7 Å². The quantitative estimate of drug-likeness (QED) is 0.927. The fraction of sp³-hybridized carbons (Fsp3) is 0.222. The molecule has 23 heavy (non-hydrogen) atoms. The smallest absolute Gasteiger partial charge is 0.225 e. The number of hydrogen-bond donors (Lipinski definition) is 1. The van der Waals surface area contributed by atoms with E-state index in [-0.39, 0.29) is 18.2 Å². The third-order valence-corrected chi connectivity index (χ3v) is 4.80. The highest BCUT2D eigenvalue weighted by Crippen LogP contribution is 2.36. The van der Waals surface area contributed by atoms with Crippen LogP contribution < -0.4 is 5.32 Å². The number of allylic oxidation sites excluding steroid dienone is 1. The molecule has 0 saturated carbocycles. The fourth-order valence-corrected chi connectivity index (χ4v) is 3.64. The number of carbonyl (C=O) groups excluding carboxylic acids is 1. The van der Waals surface area contributed by atoms with Crippen molar-refractivity contribution in [1.82, 2.24) is 5.32 Å². The van der Waals surface area contributed by atoms with Crippen molar-refractivity contribution < 1.29 is 9.21 Å². The van der Waals surface area contributed by atoms with Gasteiger partial charge in [-0.25, -0.2) is 0 Å². The SMILES string of the molecule is Cc1cccc(CSC2=C(C#N)[C@H](c3ccco3)CC(=O)N2)c1. The molecule has 0 bridgehead atoms. The number of furan rings is 1. The van der Waals surface area contributed by atoms with Gasteiger partial charge in [0.1, 0.15) is 5.76 Å². The van der Waals surface area contributed by atoms with Crippen LogP contribution in [0.25, 0.3) is 0 Å². The zero-order chi connectivity index (χ0) is 16.2. The number of nitriles is 1. The van der Waals surface area contributed by atoms with Crippen LogP contribution in [-0.2, 0) is 10.5 Å². The average Bonchev–Trinajstić information content (AvgIpc) is 3.06. The second-order valence-electron chi connectivity index (χ2n) is 5.45. The van der Waals surface area contributed by atoms with Crippen molar-refractivity contribution in [2.75, 3.05) is 0 Å². The summed E-state index contributed by atoms with van der Waals surface area (Å²) in [7, 11) is 0. The molecule has 1 aliphatic heterocycles. The normalized spacial score (nSPS) is 17.7. The lowest BCUT2D eigenvalue weighted by molar-refractivity contribution is -0.120. The van der Waals surface area contributed by atoms with E-state index in [2.05, 4.69) is 17.5 Å². The molecule has 3 rings (SSSR count). The summed E-state index contributed by atoms with van der Waals surface area (Å²) in [5.74, 6) is 0.971. The summed E-state index contributed by atoms with van der Waals surface area (Å²) in [6.07, 6.45) is 1.81. The molecule has 0 saturated heterocycles. The zero-order valence-electron chi connectivity index (χ0n) is 12.7. The average molecular weight is 324 g/mol. The first-order valence-electron chi connectivity index (χ1n) is 7.33. The highest BCUT2D eigenvalue weighted by Gasteiger charge is 2.31. The number of amides is 1. The lowest BCUT2D eigenvalue weighted by Gasteiger charge is -2.23. The molecule has 1 aromatic carbocycles. The minimum Gasteiger partial charge on any atom is -0.469 e. The Labute approximate surface area is 139 Å². The van der Waals surface area contributed by atoms with Crippen LogP contribution in [0.1, 0.15) is 29.2 Å². The van der Waals surface area contributed by atoms with Crippen LogP contribution in [0.3, 0.4) is 0 Å². The van der Waals surface area contributed by atoms with E-state index in [1.807, 2.05) is 31.2 Å². The molecule has 116 valence electrons. The minimum atomic E-state index is -0.302. The maximum atomic E-state index is 12.0. The number of nitrogens with one attached hydrogen (secondary N) is 1. The Morgan fingerprint density at radius 3 is 2.96 bits per heavy atom. The van der Waals surface area contributed by atoms with E-state index in [0.717, 1.165) is 5.56 Å².